The first-order valence-corrected chi connectivity index (χ1v) is 13.0. The van der Waals surface area contributed by atoms with Crippen molar-refractivity contribution in [1.29, 1.82) is 0 Å². The fourth-order valence-corrected chi connectivity index (χ4v) is 5.48. The Hall–Kier alpha value is -2.90. The first kappa shape index (κ1) is 24.2. The van der Waals surface area contributed by atoms with Gasteiger partial charge in [-0.25, -0.2) is 9.79 Å². The van der Waals surface area contributed by atoms with E-state index >= 15 is 0 Å². The lowest BCUT2D eigenvalue weighted by atomic mass is 9.87. The first-order valence-electron chi connectivity index (χ1n) is 11.0. The van der Waals surface area contributed by atoms with Crippen molar-refractivity contribution in [2.75, 3.05) is 13.4 Å². The maximum Gasteiger partial charge on any atom is 0.338 e. The van der Waals surface area contributed by atoms with Gasteiger partial charge in [0.1, 0.15) is 0 Å². The van der Waals surface area contributed by atoms with E-state index in [4.69, 9.17) is 4.74 Å². The van der Waals surface area contributed by atoms with Crippen molar-refractivity contribution in [1.82, 2.24) is 4.57 Å². The molecule has 176 valence electrons. The molecule has 0 N–H and O–H groups in total. The van der Waals surface area contributed by atoms with Gasteiger partial charge in [-0.05, 0) is 53.5 Å². The van der Waals surface area contributed by atoms with E-state index in [1.807, 2.05) is 48.7 Å². The maximum absolute atomic E-state index is 13.6. The van der Waals surface area contributed by atoms with Gasteiger partial charge in [-0.15, -0.1) is 11.8 Å². The van der Waals surface area contributed by atoms with Crippen LogP contribution in [-0.4, -0.2) is 23.9 Å². The van der Waals surface area contributed by atoms with E-state index in [1.54, 1.807) is 23.3 Å². The summed E-state index contributed by atoms with van der Waals surface area (Å²) in [6, 6.07) is 15.6. The molecule has 0 spiro atoms. The molecule has 0 amide bonds. The van der Waals surface area contributed by atoms with Crippen LogP contribution in [0.15, 0.2) is 74.5 Å². The smallest absolute Gasteiger partial charge is 0.338 e. The Morgan fingerprint density at radius 1 is 1.12 bits per heavy atom. The number of thioether (sulfide) groups is 1. The lowest BCUT2D eigenvalue weighted by molar-refractivity contribution is -0.136. The van der Waals surface area contributed by atoms with Crippen molar-refractivity contribution in [3.05, 3.63) is 96.2 Å². The number of hydrogen-bond acceptors (Lipinski definition) is 6. The van der Waals surface area contributed by atoms with E-state index in [2.05, 4.69) is 37.9 Å². The number of esters is 1. The number of ether oxygens (including phenoxy) is 1. The molecule has 1 aliphatic rings. The highest BCUT2D eigenvalue weighted by atomic mass is 32.2. The summed E-state index contributed by atoms with van der Waals surface area (Å²) >= 11 is 2.97. The number of carbonyl (C=O) groups excluding carboxylic acids is 1. The second-order valence-electron chi connectivity index (χ2n) is 9.22. The average Bonchev–Trinajstić information content (AvgIpc) is 3.12. The van der Waals surface area contributed by atoms with Crippen LogP contribution in [0.2, 0.25) is 0 Å². The van der Waals surface area contributed by atoms with Crippen LogP contribution >= 0.6 is 23.1 Å². The SMILES string of the molecule is COC(=O)C1=C(C)N=c2sc(=Cc3ccc(C(C)(C)C)cc3)c(=O)n2C1c1ccc(SC)cc1. The molecule has 3 aromatic rings. The first-order chi connectivity index (χ1) is 16.1. The van der Waals surface area contributed by atoms with Crippen LogP contribution in [0.1, 0.15) is 50.4 Å². The fourth-order valence-electron chi connectivity index (χ4n) is 4.02. The number of hydrogen-bond donors (Lipinski definition) is 0. The Labute approximate surface area is 207 Å². The van der Waals surface area contributed by atoms with Gasteiger partial charge in [-0.1, -0.05) is 68.5 Å². The predicted molar refractivity (Wildman–Crippen MR) is 139 cm³/mol. The molecule has 0 saturated heterocycles. The lowest BCUT2D eigenvalue weighted by Crippen LogP contribution is -2.39. The van der Waals surface area contributed by atoms with E-state index < -0.39 is 12.0 Å². The standard InChI is InChI=1S/C27H28N2O3S2/c1-16-22(25(31)32-5)23(18-9-13-20(33-6)14-10-18)29-24(30)21(34-26(29)28-16)15-17-7-11-19(12-8-17)27(2,3)4/h7-15,23H,1-6H3. The largest absolute Gasteiger partial charge is 0.466 e. The quantitative estimate of drug-likeness (QED) is 0.399. The Morgan fingerprint density at radius 2 is 1.76 bits per heavy atom. The Balaban J connectivity index is 1.88. The van der Waals surface area contributed by atoms with Crippen LogP contribution in [0, 0.1) is 0 Å². The third kappa shape index (κ3) is 4.55. The minimum absolute atomic E-state index is 0.0610. The van der Waals surface area contributed by atoms with E-state index in [-0.39, 0.29) is 11.0 Å². The molecule has 0 saturated carbocycles. The van der Waals surface area contributed by atoms with Gasteiger partial charge in [-0.2, -0.15) is 0 Å². The molecule has 1 atom stereocenters. The Bertz CT molecular complexity index is 1440. The average molecular weight is 493 g/mol. The summed E-state index contributed by atoms with van der Waals surface area (Å²) in [5.41, 5.74) is 3.86. The summed E-state index contributed by atoms with van der Waals surface area (Å²) < 4.78 is 7.27. The van der Waals surface area contributed by atoms with Gasteiger partial charge in [0.25, 0.3) is 5.56 Å². The molecule has 0 aliphatic carbocycles. The van der Waals surface area contributed by atoms with Crippen molar-refractivity contribution in [3.63, 3.8) is 0 Å². The Morgan fingerprint density at radius 3 is 2.32 bits per heavy atom. The second-order valence-corrected chi connectivity index (χ2v) is 11.1. The molecule has 0 fully saturated rings. The van der Waals surface area contributed by atoms with Crippen molar-refractivity contribution in [3.8, 4) is 0 Å². The number of aromatic nitrogens is 1. The second kappa shape index (κ2) is 9.39. The highest BCUT2D eigenvalue weighted by Crippen LogP contribution is 2.31. The van der Waals surface area contributed by atoms with E-state index in [9.17, 15) is 9.59 Å². The minimum Gasteiger partial charge on any atom is -0.466 e. The molecule has 34 heavy (non-hydrogen) atoms. The van der Waals surface area contributed by atoms with Crippen LogP contribution in [0.25, 0.3) is 6.08 Å². The number of rotatable bonds is 4. The summed E-state index contributed by atoms with van der Waals surface area (Å²) in [6.45, 7) is 8.31. The van der Waals surface area contributed by atoms with Crippen LogP contribution in [0.3, 0.4) is 0 Å². The molecule has 1 aliphatic heterocycles. The van der Waals surface area contributed by atoms with E-state index in [1.165, 1.54) is 24.0 Å². The monoisotopic (exact) mass is 492 g/mol. The highest BCUT2D eigenvalue weighted by Gasteiger charge is 2.33. The molecule has 2 heterocycles. The molecule has 0 bridgehead atoms. The third-order valence-electron chi connectivity index (χ3n) is 5.93. The molecule has 4 rings (SSSR count). The third-order valence-corrected chi connectivity index (χ3v) is 7.66. The Kier molecular flexibility index (Phi) is 6.69. The van der Waals surface area contributed by atoms with E-state index in [0.29, 0.717) is 20.6 Å². The van der Waals surface area contributed by atoms with Gasteiger partial charge in [-0.3, -0.25) is 9.36 Å². The number of benzene rings is 2. The van der Waals surface area contributed by atoms with Crippen molar-refractivity contribution in [2.24, 2.45) is 4.99 Å². The van der Waals surface area contributed by atoms with Gasteiger partial charge in [0.2, 0.25) is 0 Å². The molecule has 2 aromatic carbocycles. The molecule has 7 heteroatoms. The summed E-state index contributed by atoms with van der Waals surface area (Å²) in [7, 11) is 1.35. The summed E-state index contributed by atoms with van der Waals surface area (Å²) in [6.07, 6.45) is 3.90. The van der Waals surface area contributed by atoms with Crippen LogP contribution < -0.4 is 14.9 Å². The highest BCUT2D eigenvalue weighted by molar-refractivity contribution is 7.98. The number of methoxy groups -OCH3 is 1. The van der Waals surface area contributed by atoms with Crippen LogP contribution in [0.5, 0.6) is 0 Å². The summed E-state index contributed by atoms with van der Waals surface area (Å²) in [5.74, 6) is -0.479. The van der Waals surface area contributed by atoms with Gasteiger partial charge < -0.3 is 4.74 Å². The maximum atomic E-state index is 13.6. The van der Waals surface area contributed by atoms with Crippen molar-refractivity contribution >= 4 is 35.1 Å². The van der Waals surface area contributed by atoms with Crippen LogP contribution in [0.4, 0.5) is 0 Å². The topological polar surface area (TPSA) is 60.7 Å². The molecular formula is C27H28N2O3S2. The molecule has 0 radical (unpaired) electrons. The molecule has 5 nitrogen and oxygen atoms in total. The minimum atomic E-state index is -0.593. The predicted octanol–water partition coefficient (Wildman–Crippen LogP) is 4.43. The lowest BCUT2D eigenvalue weighted by Gasteiger charge is -2.24. The van der Waals surface area contributed by atoms with Crippen molar-refractivity contribution < 1.29 is 9.53 Å². The molecular weight excluding hydrogens is 464 g/mol. The number of allylic oxidation sites excluding steroid dienone is 1. The molecule has 1 aromatic heterocycles. The number of carbonyl (C=O) groups is 1. The van der Waals surface area contributed by atoms with Gasteiger partial charge in [0.15, 0.2) is 4.80 Å². The zero-order valence-electron chi connectivity index (χ0n) is 20.2. The van der Waals surface area contributed by atoms with Crippen molar-refractivity contribution in [2.45, 2.75) is 44.0 Å². The number of thiazole rings is 1. The number of nitrogens with zero attached hydrogens (tertiary/aromatic N) is 2. The fraction of sp³-hybridized carbons (Fsp3) is 0.296. The van der Waals surface area contributed by atoms with Gasteiger partial charge >= 0.3 is 5.97 Å². The van der Waals surface area contributed by atoms with E-state index in [0.717, 1.165) is 16.0 Å². The normalized spacial score (nSPS) is 16.3. The van der Waals surface area contributed by atoms with Gasteiger partial charge in [0, 0.05) is 4.90 Å². The molecule has 1 unspecified atom stereocenters. The van der Waals surface area contributed by atoms with Crippen LogP contribution in [-0.2, 0) is 14.9 Å². The van der Waals surface area contributed by atoms with Gasteiger partial charge in [0.05, 0.1) is 29.0 Å². The summed E-state index contributed by atoms with van der Waals surface area (Å²) in [4.78, 5) is 32.7. The number of fused-ring (bicyclic) bond motifs is 1. The zero-order valence-corrected chi connectivity index (χ0v) is 21.8. The zero-order chi connectivity index (χ0) is 24.6. The summed E-state index contributed by atoms with van der Waals surface area (Å²) in [5, 5.41) is 0.